The molecule has 17 heavy (non-hydrogen) atoms. The number of nitrogens with one attached hydrogen (secondary N) is 1. The van der Waals surface area contributed by atoms with Crippen molar-refractivity contribution in [3.8, 4) is 0 Å². The van der Waals surface area contributed by atoms with Gasteiger partial charge in [-0.3, -0.25) is 4.79 Å². The Bertz CT molecular complexity index is 222. The first-order valence-electron chi connectivity index (χ1n) is 5.46. The Labute approximate surface area is 98.7 Å². The first-order chi connectivity index (χ1) is 7.85. The summed E-state index contributed by atoms with van der Waals surface area (Å²) in [6.07, 6.45) is -3.32. The molecule has 0 saturated heterocycles. The third-order valence-electron chi connectivity index (χ3n) is 2.10. The lowest BCUT2D eigenvalue weighted by atomic mass is 10.1. The van der Waals surface area contributed by atoms with Crippen LogP contribution in [0.2, 0.25) is 0 Å². The maximum Gasteiger partial charge on any atom is 0.411 e. The van der Waals surface area contributed by atoms with E-state index in [9.17, 15) is 18.0 Å². The molecule has 0 bridgehead atoms. The summed E-state index contributed by atoms with van der Waals surface area (Å²) in [4.78, 5) is 11.2. The number of hydrogen-bond donors (Lipinski definition) is 2. The monoisotopic (exact) mass is 256 g/mol. The standard InChI is InChI=1S/C10H19F3N2O2/c1-8(6-14)2-3-9(16)15-4-5-17-7-10(11,12)13/h8H,2-7,14H2,1H3,(H,15,16). The van der Waals surface area contributed by atoms with Crippen LogP contribution in [0, 0.1) is 5.92 Å². The lowest BCUT2D eigenvalue weighted by Gasteiger charge is -2.10. The van der Waals surface area contributed by atoms with Crippen molar-refractivity contribution in [3.63, 3.8) is 0 Å². The van der Waals surface area contributed by atoms with Gasteiger partial charge in [-0.05, 0) is 18.9 Å². The van der Waals surface area contributed by atoms with Gasteiger partial charge in [0.1, 0.15) is 6.61 Å². The van der Waals surface area contributed by atoms with Crippen molar-refractivity contribution < 1.29 is 22.7 Å². The van der Waals surface area contributed by atoms with E-state index in [1.54, 1.807) is 0 Å². The largest absolute Gasteiger partial charge is 0.411 e. The van der Waals surface area contributed by atoms with Gasteiger partial charge in [-0.2, -0.15) is 13.2 Å². The van der Waals surface area contributed by atoms with Crippen LogP contribution in [0.4, 0.5) is 13.2 Å². The highest BCUT2D eigenvalue weighted by Gasteiger charge is 2.27. The summed E-state index contributed by atoms with van der Waals surface area (Å²) >= 11 is 0. The minimum Gasteiger partial charge on any atom is -0.370 e. The molecule has 0 aliphatic carbocycles. The second-order valence-corrected chi connectivity index (χ2v) is 3.90. The molecule has 0 heterocycles. The summed E-state index contributed by atoms with van der Waals surface area (Å²) in [5.74, 6) is 0.0724. The molecule has 1 amide bonds. The first-order valence-corrected chi connectivity index (χ1v) is 5.46. The topological polar surface area (TPSA) is 64.4 Å². The maximum absolute atomic E-state index is 11.7. The molecule has 0 radical (unpaired) electrons. The van der Waals surface area contributed by atoms with Crippen LogP contribution >= 0.6 is 0 Å². The molecule has 1 unspecified atom stereocenters. The fourth-order valence-corrected chi connectivity index (χ4v) is 1.03. The van der Waals surface area contributed by atoms with E-state index >= 15 is 0 Å². The van der Waals surface area contributed by atoms with E-state index in [-0.39, 0.29) is 25.0 Å². The lowest BCUT2D eigenvalue weighted by Crippen LogP contribution is -2.29. The SMILES string of the molecule is CC(CN)CCC(=O)NCCOCC(F)(F)F. The molecule has 7 heteroatoms. The van der Waals surface area contributed by atoms with Crippen LogP contribution in [0.5, 0.6) is 0 Å². The van der Waals surface area contributed by atoms with Gasteiger partial charge in [0.25, 0.3) is 0 Å². The van der Waals surface area contributed by atoms with E-state index in [0.717, 1.165) is 0 Å². The van der Waals surface area contributed by atoms with Crippen molar-refractivity contribution in [1.29, 1.82) is 0 Å². The number of nitrogens with two attached hydrogens (primary N) is 1. The summed E-state index contributed by atoms with van der Waals surface area (Å²) in [5.41, 5.74) is 5.38. The Balaban J connectivity index is 3.40. The summed E-state index contributed by atoms with van der Waals surface area (Å²) in [7, 11) is 0. The molecule has 0 aliphatic heterocycles. The van der Waals surface area contributed by atoms with Crippen molar-refractivity contribution in [3.05, 3.63) is 0 Å². The fourth-order valence-electron chi connectivity index (χ4n) is 1.03. The highest BCUT2D eigenvalue weighted by Crippen LogP contribution is 2.13. The Hall–Kier alpha value is -0.820. The average molecular weight is 256 g/mol. The predicted molar refractivity (Wildman–Crippen MR) is 57.3 cm³/mol. The van der Waals surface area contributed by atoms with Crippen LogP contribution in [0.1, 0.15) is 19.8 Å². The van der Waals surface area contributed by atoms with E-state index in [1.165, 1.54) is 0 Å². The smallest absolute Gasteiger partial charge is 0.370 e. The minimum atomic E-state index is -4.32. The zero-order chi connectivity index (χ0) is 13.3. The van der Waals surface area contributed by atoms with Crippen LogP contribution in [-0.4, -0.2) is 38.4 Å². The lowest BCUT2D eigenvalue weighted by molar-refractivity contribution is -0.173. The van der Waals surface area contributed by atoms with Crippen molar-refractivity contribution in [2.45, 2.75) is 25.9 Å². The summed E-state index contributed by atoms with van der Waals surface area (Å²) in [6.45, 7) is 1.11. The quantitative estimate of drug-likeness (QED) is 0.638. The molecule has 0 spiro atoms. The molecule has 0 fully saturated rings. The van der Waals surface area contributed by atoms with Crippen LogP contribution < -0.4 is 11.1 Å². The Morgan fingerprint density at radius 3 is 2.65 bits per heavy atom. The summed E-state index contributed by atoms with van der Waals surface area (Å²) in [6, 6.07) is 0. The van der Waals surface area contributed by atoms with E-state index in [0.29, 0.717) is 19.4 Å². The van der Waals surface area contributed by atoms with Gasteiger partial charge >= 0.3 is 6.18 Å². The number of carbonyl (C=O) groups excluding carboxylic acids is 1. The molecule has 0 rings (SSSR count). The van der Waals surface area contributed by atoms with Crippen molar-refractivity contribution >= 4 is 5.91 Å². The van der Waals surface area contributed by atoms with E-state index in [2.05, 4.69) is 10.1 Å². The van der Waals surface area contributed by atoms with Crippen LogP contribution in [-0.2, 0) is 9.53 Å². The van der Waals surface area contributed by atoms with Crippen LogP contribution in [0.25, 0.3) is 0 Å². The Morgan fingerprint density at radius 2 is 2.12 bits per heavy atom. The van der Waals surface area contributed by atoms with Crippen LogP contribution in [0.15, 0.2) is 0 Å². The summed E-state index contributed by atoms with van der Waals surface area (Å²) in [5, 5.41) is 2.48. The zero-order valence-corrected chi connectivity index (χ0v) is 9.85. The zero-order valence-electron chi connectivity index (χ0n) is 9.85. The number of hydrogen-bond acceptors (Lipinski definition) is 3. The fraction of sp³-hybridized carbons (Fsp3) is 0.900. The number of alkyl halides is 3. The van der Waals surface area contributed by atoms with Crippen LogP contribution in [0.3, 0.4) is 0 Å². The van der Waals surface area contributed by atoms with Crippen molar-refractivity contribution in [2.24, 2.45) is 11.7 Å². The molecular weight excluding hydrogens is 237 g/mol. The van der Waals surface area contributed by atoms with Gasteiger partial charge in [0.05, 0.1) is 6.61 Å². The second kappa shape index (κ2) is 8.30. The normalized spacial score (nSPS) is 13.5. The van der Waals surface area contributed by atoms with E-state index in [1.807, 2.05) is 6.92 Å². The molecule has 4 nitrogen and oxygen atoms in total. The number of amides is 1. The molecule has 0 aromatic carbocycles. The van der Waals surface area contributed by atoms with Gasteiger partial charge in [0, 0.05) is 13.0 Å². The number of halogens is 3. The van der Waals surface area contributed by atoms with Crippen molar-refractivity contribution in [1.82, 2.24) is 5.32 Å². The number of rotatable bonds is 8. The molecule has 3 N–H and O–H groups in total. The molecule has 0 aromatic heterocycles. The maximum atomic E-state index is 11.7. The first kappa shape index (κ1) is 16.2. The molecular formula is C10H19F3N2O2. The van der Waals surface area contributed by atoms with E-state index in [4.69, 9.17) is 5.73 Å². The molecule has 0 aromatic rings. The molecule has 0 aliphatic rings. The third-order valence-corrected chi connectivity index (χ3v) is 2.10. The molecule has 1 atom stereocenters. The van der Waals surface area contributed by atoms with Crippen molar-refractivity contribution in [2.75, 3.05) is 26.3 Å². The summed E-state index contributed by atoms with van der Waals surface area (Å²) < 4.78 is 39.3. The molecule has 0 saturated carbocycles. The van der Waals surface area contributed by atoms with Gasteiger partial charge < -0.3 is 15.8 Å². The van der Waals surface area contributed by atoms with Gasteiger partial charge in [-0.25, -0.2) is 0 Å². The van der Waals surface area contributed by atoms with Gasteiger partial charge in [-0.15, -0.1) is 0 Å². The van der Waals surface area contributed by atoms with Gasteiger partial charge in [0.15, 0.2) is 0 Å². The predicted octanol–water partition coefficient (Wildman–Crippen LogP) is 1.06. The Kier molecular flexibility index (Phi) is 7.90. The van der Waals surface area contributed by atoms with E-state index < -0.39 is 12.8 Å². The molecule has 102 valence electrons. The number of carbonyl (C=O) groups is 1. The van der Waals surface area contributed by atoms with Gasteiger partial charge in [0.2, 0.25) is 5.91 Å². The highest BCUT2D eigenvalue weighted by molar-refractivity contribution is 5.75. The minimum absolute atomic E-state index is 0.0892. The van der Waals surface area contributed by atoms with Gasteiger partial charge in [-0.1, -0.05) is 6.92 Å². The highest BCUT2D eigenvalue weighted by atomic mass is 19.4. The number of ether oxygens (including phenoxy) is 1. The third kappa shape index (κ3) is 11.4. The Morgan fingerprint density at radius 1 is 1.47 bits per heavy atom. The average Bonchev–Trinajstić information content (AvgIpc) is 2.23. The second-order valence-electron chi connectivity index (χ2n) is 3.90.